The largest absolute Gasteiger partial charge is 0.466 e. The smallest absolute Gasteiger partial charge is 0.305 e. The van der Waals surface area contributed by atoms with Crippen LogP contribution in [-0.4, -0.2) is 47.4 Å². The summed E-state index contributed by atoms with van der Waals surface area (Å²) in [5, 5.41) is 23.4. The van der Waals surface area contributed by atoms with Gasteiger partial charge in [-0.05, 0) is 77.0 Å². The summed E-state index contributed by atoms with van der Waals surface area (Å²) in [7, 11) is 0. The van der Waals surface area contributed by atoms with Crippen LogP contribution in [0.3, 0.4) is 0 Å². The Morgan fingerprint density at radius 1 is 0.329 bits per heavy atom. The maximum atomic E-state index is 12.6. The second kappa shape index (κ2) is 74.5. The van der Waals surface area contributed by atoms with Crippen molar-refractivity contribution < 1.29 is 24.5 Å². The molecule has 0 fully saturated rings. The second-order valence-electron chi connectivity index (χ2n) is 26.7. The molecule has 0 aliphatic rings. The van der Waals surface area contributed by atoms with E-state index in [1.165, 1.54) is 347 Å². The molecular formula is C79H151NO5. The Morgan fingerprint density at radius 3 is 0.941 bits per heavy atom. The first-order valence-corrected chi connectivity index (χ1v) is 38.7. The van der Waals surface area contributed by atoms with Gasteiger partial charge in [0.2, 0.25) is 5.91 Å². The molecular weight excluding hydrogens is 1040 g/mol. The van der Waals surface area contributed by atoms with E-state index >= 15 is 0 Å². The van der Waals surface area contributed by atoms with Gasteiger partial charge in [-0.2, -0.15) is 0 Å². The number of aliphatic hydroxyl groups excluding tert-OH is 2. The Hall–Kier alpha value is -1.92. The third-order valence-electron chi connectivity index (χ3n) is 18.2. The van der Waals surface area contributed by atoms with Crippen molar-refractivity contribution in [1.29, 1.82) is 0 Å². The van der Waals surface area contributed by atoms with Crippen LogP contribution in [0.1, 0.15) is 431 Å². The van der Waals surface area contributed by atoms with Gasteiger partial charge < -0.3 is 20.3 Å². The van der Waals surface area contributed by atoms with Gasteiger partial charge in [-0.3, -0.25) is 9.59 Å². The molecule has 0 aromatic carbocycles. The zero-order chi connectivity index (χ0) is 61.3. The Morgan fingerprint density at radius 2 is 0.600 bits per heavy atom. The minimum Gasteiger partial charge on any atom is -0.466 e. The van der Waals surface area contributed by atoms with Crippen LogP contribution >= 0.6 is 0 Å². The lowest BCUT2D eigenvalue weighted by atomic mass is 10.0. The topological polar surface area (TPSA) is 95.9 Å². The first kappa shape index (κ1) is 83.1. The number of ether oxygens (including phenoxy) is 1. The fourth-order valence-electron chi connectivity index (χ4n) is 12.2. The monoisotopic (exact) mass is 1190 g/mol. The van der Waals surface area contributed by atoms with Crippen molar-refractivity contribution in [1.82, 2.24) is 5.32 Å². The maximum absolute atomic E-state index is 12.6. The van der Waals surface area contributed by atoms with E-state index in [1.807, 2.05) is 0 Å². The van der Waals surface area contributed by atoms with Gasteiger partial charge in [-0.1, -0.05) is 378 Å². The number of carbonyl (C=O) groups is 2. The first-order chi connectivity index (χ1) is 42.0. The van der Waals surface area contributed by atoms with Crippen LogP contribution < -0.4 is 5.32 Å². The minimum atomic E-state index is -0.663. The van der Waals surface area contributed by atoms with Crippen LogP contribution in [0.25, 0.3) is 0 Å². The van der Waals surface area contributed by atoms with Gasteiger partial charge in [0.05, 0.1) is 25.4 Å². The number of carbonyl (C=O) groups excluding carboxylic acids is 2. The Labute approximate surface area is 532 Å². The molecule has 2 atom stereocenters. The number of amides is 1. The van der Waals surface area contributed by atoms with Gasteiger partial charge in [-0.15, -0.1) is 0 Å². The first-order valence-electron chi connectivity index (χ1n) is 38.7. The van der Waals surface area contributed by atoms with Crippen LogP contribution in [-0.2, 0) is 14.3 Å². The number of unbranched alkanes of at least 4 members (excludes halogenated alkanes) is 56. The number of hydrogen-bond donors (Lipinski definition) is 3. The molecule has 6 heteroatoms. The maximum Gasteiger partial charge on any atom is 0.305 e. The van der Waals surface area contributed by atoms with Gasteiger partial charge in [0, 0.05) is 12.8 Å². The van der Waals surface area contributed by atoms with Gasteiger partial charge in [0.15, 0.2) is 0 Å². The Bertz CT molecular complexity index is 1380. The quantitative estimate of drug-likeness (QED) is 0.0320. The number of aliphatic hydroxyl groups is 2. The summed E-state index contributed by atoms with van der Waals surface area (Å²) >= 11 is 0. The predicted molar refractivity (Wildman–Crippen MR) is 375 cm³/mol. The average molecular weight is 1200 g/mol. The lowest BCUT2D eigenvalue weighted by molar-refractivity contribution is -0.143. The second-order valence-corrected chi connectivity index (χ2v) is 26.7. The van der Waals surface area contributed by atoms with E-state index in [4.69, 9.17) is 4.74 Å². The van der Waals surface area contributed by atoms with E-state index in [0.717, 1.165) is 51.4 Å². The molecule has 2 unspecified atom stereocenters. The highest BCUT2D eigenvalue weighted by atomic mass is 16.5. The molecule has 6 nitrogen and oxygen atoms in total. The van der Waals surface area contributed by atoms with Crippen LogP contribution in [0, 0.1) is 0 Å². The van der Waals surface area contributed by atoms with Gasteiger partial charge in [0.1, 0.15) is 0 Å². The molecule has 1 amide bonds. The highest BCUT2D eigenvalue weighted by molar-refractivity contribution is 5.76. The molecule has 0 aliphatic carbocycles. The van der Waals surface area contributed by atoms with Crippen LogP contribution in [0.5, 0.6) is 0 Å². The molecule has 0 saturated carbocycles. The van der Waals surface area contributed by atoms with E-state index in [9.17, 15) is 19.8 Å². The number of hydrogen-bond acceptors (Lipinski definition) is 5. The molecule has 85 heavy (non-hydrogen) atoms. The summed E-state index contributed by atoms with van der Waals surface area (Å²) < 4.78 is 5.49. The van der Waals surface area contributed by atoms with E-state index in [1.54, 1.807) is 0 Å². The number of allylic oxidation sites excluding steroid dienone is 6. The van der Waals surface area contributed by atoms with Crippen molar-refractivity contribution in [2.24, 2.45) is 0 Å². The summed E-state index contributed by atoms with van der Waals surface area (Å²) in [4.78, 5) is 24.6. The standard InChI is InChI=1S/C79H151NO5/c1-3-5-7-9-11-13-15-17-19-20-38-41-44-47-51-55-59-63-67-71-77(82)76(75-81)80-78(83)72-68-64-60-56-52-48-45-42-39-36-34-32-30-28-26-24-22-21-23-25-27-29-31-33-35-37-40-43-46-50-54-58-62-66-70-74-85-79(84)73-69-65-61-57-53-49-18-16-14-12-10-8-6-4-2/h10,12,16,18,23,25,76-77,81-82H,3-9,11,13-15,17,19-22,24,26-75H2,1-2H3,(H,80,83)/b12-10-,18-16-,25-23-. The van der Waals surface area contributed by atoms with Gasteiger partial charge in [-0.25, -0.2) is 0 Å². The summed E-state index contributed by atoms with van der Waals surface area (Å²) in [6.07, 6.45) is 96.6. The fraction of sp³-hybridized carbons (Fsp3) is 0.899. The van der Waals surface area contributed by atoms with Gasteiger partial charge in [0.25, 0.3) is 0 Å². The van der Waals surface area contributed by atoms with Crippen molar-refractivity contribution in [3.63, 3.8) is 0 Å². The van der Waals surface area contributed by atoms with E-state index in [0.29, 0.717) is 25.9 Å². The van der Waals surface area contributed by atoms with Crippen LogP contribution in [0.4, 0.5) is 0 Å². The molecule has 0 aliphatic heterocycles. The molecule has 0 radical (unpaired) electrons. The molecule has 502 valence electrons. The highest BCUT2D eigenvalue weighted by Gasteiger charge is 2.20. The van der Waals surface area contributed by atoms with E-state index in [-0.39, 0.29) is 18.5 Å². The van der Waals surface area contributed by atoms with Crippen LogP contribution in [0.2, 0.25) is 0 Å². The minimum absolute atomic E-state index is 0.00604. The molecule has 0 saturated heterocycles. The summed E-state index contributed by atoms with van der Waals surface area (Å²) in [5.41, 5.74) is 0. The number of nitrogens with one attached hydrogen (secondary N) is 1. The van der Waals surface area contributed by atoms with Crippen molar-refractivity contribution in [2.45, 2.75) is 443 Å². The van der Waals surface area contributed by atoms with E-state index < -0.39 is 12.1 Å². The van der Waals surface area contributed by atoms with Crippen molar-refractivity contribution >= 4 is 11.9 Å². The van der Waals surface area contributed by atoms with Gasteiger partial charge >= 0.3 is 5.97 Å². The molecule has 0 rings (SSSR count). The zero-order valence-electron chi connectivity index (χ0n) is 57.6. The lowest BCUT2D eigenvalue weighted by Gasteiger charge is -2.22. The average Bonchev–Trinajstić information content (AvgIpc) is 3.51. The van der Waals surface area contributed by atoms with Crippen LogP contribution in [0.15, 0.2) is 36.5 Å². The molecule has 0 bridgehead atoms. The fourth-order valence-corrected chi connectivity index (χ4v) is 12.2. The zero-order valence-corrected chi connectivity index (χ0v) is 57.6. The SMILES string of the molecule is CCCC/C=C\C/C=C\CCCCCCCC(=O)OCCCCCCCCCCCCCCCC/C=C\CCCCCCCCCCCCCCCCCCCC(=O)NC(CO)C(O)CCCCCCCCCCCCCCCCCCCCC. The van der Waals surface area contributed by atoms with Crippen molar-refractivity contribution in [3.05, 3.63) is 36.5 Å². The van der Waals surface area contributed by atoms with Crippen molar-refractivity contribution in [2.75, 3.05) is 13.2 Å². The molecule has 0 aromatic heterocycles. The summed E-state index contributed by atoms with van der Waals surface area (Å²) in [6, 6.07) is -0.539. The predicted octanol–water partition coefficient (Wildman–Crippen LogP) is 25.4. The Kier molecular flexibility index (Phi) is 72.9. The Balaban J connectivity index is 3.34. The lowest BCUT2D eigenvalue weighted by Crippen LogP contribution is -2.45. The third kappa shape index (κ3) is 71.0. The molecule has 0 heterocycles. The highest BCUT2D eigenvalue weighted by Crippen LogP contribution is 2.20. The number of rotatable bonds is 73. The molecule has 3 N–H and O–H groups in total. The summed E-state index contributed by atoms with van der Waals surface area (Å²) in [5.74, 6) is -0.0210. The number of esters is 1. The molecule has 0 spiro atoms. The normalized spacial score (nSPS) is 12.7. The van der Waals surface area contributed by atoms with E-state index in [2.05, 4.69) is 55.6 Å². The van der Waals surface area contributed by atoms with Crippen molar-refractivity contribution in [3.8, 4) is 0 Å². The summed E-state index contributed by atoms with van der Waals surface area (Å²) in [6.45, 7) is 4.95. The third-order valence-corrected chi connectivity index (χ3v) is 18.2. The molecule has 0 aromatic rings.